The number of allylic oxidation sites excluding steroid dienone is 4. The number of thioether (sulfide) groups is 1. The lowest BCUT2D eigenvalue weighted by molar-refractivity contribution is 0.370. The maximum absolute atomic E-state index is 13.6. The Hall–Kier alpha value is -1.13. The molecule has 0 bridgehead atoms. The van der Waals surface area contributed by atoms with E-state index in [4.69, 9.17) is 0 Å². The summed E-state index contributed by atoms with van der Waals surface area (Å²) in [6.45, 7) is 0. The third kappa shape index (κ3) is 2.35. The van der Waals surface area contributed by atoms with E-state index in [0.717, 1.165) is 19.9 Å². The van der Waals surface area contributed by atoms with E-state index >= 15 is 0 Å². The molecule has 0 saturated carbocycles. The van der Waals surface area contributed by atoms with Crippen molar-refractivity contribution in [3.05, 3.63) is 47.8 Å². The first-order chi connectivity index (χ1) is 9.19. The quantitative estimate of drug-likeness (QED) is 0.649. The number of rotatable bonds is 2. The second kappa shape index (κ2) is 5.10. The number of benzene rings is 1. The van der Waals surface area contributed by atoms with Crippen LogP contribution in [0.3, 0.4) is 0 Å². The molecule has 0 aliphatic heterocycles. The van der Waals surface area contributed by atoms with Crippen LogP contribution in [-0.2, 0) is 0 Å². The average Bonchev–Trinajstić information content (AvgIpc) is 2.75. The second-order valence-corrected chi connectivity index (χ2v) is 6.53. The molecule has 1 aliphatic rings. The van der Waals surface area contributed by atoms with E-state index in [-0.39, 0.29) is 12.2 Å². The zero-order valence-electron chi connectivity index (χ0n) is 10.3. The predicted octanol–water partition coefficient (Wildman–Crippen LogP) is 5.60. The van der Waals surface area contributed by atoms with Crippen molar-refractivity contribution < 1.29 is 8.78 Å². The molecular formula is C15H12F2S2. The highest BCUT2D eigenvalue weighted by Gasteiger charge is 2.20. The summed E-state index contributed by atoms with van der Waals surface area (Å²) in [4.78, 5) is 0. The van der Waals surface area contributed by atoms with E-state index in [9.17, 15) is 8.78 Å². The topological polar surface area (TPSA) is 0 Å². The molecule has 1 atom stereocenters. The fourth-order valence-corrected chi connectivity index (χ4v) is 4.30. The van der Waals surface area contributed by atoms with Crippen LogP contribution in [0.15, 0.2) is 46.5 Å². The molecule has 1 aromatic heterocycles. The van der Waals surface area contributed by atoms with Gasteiger partial charge in [-0.05, 0) is 30.0 Å². The van der Waals surface area contributed by atoms with Crippen molar-refractivity contribution in [1.82, 2.24) is 0 Å². The summed E-state index contributed by atoms with van der Waals surface area (Å²) in [6, 6.07) is 7.99. The molecule has 0 nitrogen and oxygen atoms in total. The molecular weight excluding hydrogens is 282 g/mol. The third-order valence-corrected chi connectivity index (χ3v) is 5.39. The maximum atomic E-state index is 13.6. The smallest absolute Gasteiger partial charge is 0.125 e. The van der Waals surface area contributed by atoms with Crippen LogP contribution < -0.4 is 0 Å². The summed E-state index contributed by atoms with van der Waals surface area (Å²) in [5, 5.41) is 1.07. The van der Waals surface area contributed by atoms with Crippen LogP contribution in [0.2, 0.25) is 0 Å². The van der Waals surface area contributed by atoms with E-state index < -0.39 is 6.17 Å². The van der Waals surface area contributed by atoms with Gasteiger partial charge in [-0.25, -0.2) is 8.78 Å². The van der Waals surface area contributed by atoms with Crippen LogP contribution in [0.4, 0.5) is 8.78 Å². The lowest BCUT2D eigenvalue weighted by Crippen LogP contribution is -2.02. The molecule has 19 heavy (non-hydrogen) atoms. The highest BCUT2D eigenvalue weighted by molar-refractivity contribution is 8.00. The van der Waals surface area contributed by atoms with Crippen molar-refractivity contribution in [2.45, 2.75) is 16.8 Å². The zero-order valence-corrected chi connectivity index (χ0v) is 12.0. The van der Waals surface area contributed by atoms with Gasteiger partial charge in [0.05, 0.1) is 4.21 Å². The molecule has 0 amide bonds. The lowest BCUT2D eigenvalue weighted by Gasteiger charge is -2.13. The van der Waals surface area contributed by atoms with Crippen LogP contribution in [0, 0.1) is 0 Å². The van der Waals surface area contributed by atoms with Gasteiger partial charge in [-0.3, -0.25) is 0 Å². The van der Waals surface area contributed by atoms with Crippen LogP contribution in [0.1, 0.15) is 12.0 Å². The van der Waals surface area contributed by atoms with Crippen molar-refractivity contribution in [2.75, 3.05) is 6.26 Å². The number of alkyl halides is 1. The number of hydrogen-bond acceptors (Lipinski definition) is 2. The second-order valence-electron chi connectivity index (χ2n) is 4.40. The molecule has 1 aliphatic carbocycles. The first kappa shape index (κ1) is 12.9. The first-order valence-electron chi connectivity index (χ1n) is 5.97. The Bertz CT molecular complexity index is 683. The van der Waals surface area contributed by atoms with Crippen molar-refractivity contribution >= 4 is 38.8 Å². The van der Waals surface area contributed by atoms with Crippen LogP contribution in [0.5, 0.6) is 0 Å². The molecule has 0 spiro atoms. The van der Waals surface area contributed by atoms with Crippen LogP contribution in [0.25, 0.3) is 15.7 Å². The first-order valence-corrected chi connectivity index (χ1v) is 8.01. The van der Waals surface area contributed by atoms with E-state index in [2.05, 4.69) is 0 Å². The van der Waals surface area contributed by atoms with Gasteiger partial charge in [0, 0.05) is 22.1 Å². The number of halogens is 2. The molecule has 1 heterocycles. The molecule has 0 radical (unpaired) electrons. The molecule has 3 rings (SSSR count). The summed E-state index contributed by atoms with van der Waals surface area (Å²) in [5.41, 5.74) is 1.63. The molecule has 0 saturated heterocycles. The number of thiophene rings is 1. The normalized spacial score (nSPS) is 19.4. The minimum atomic E-state index is -1.23. The fourth-order valence-electron chi connectivity index (χ4n) is 2.31. The Balaban J connectivity index is 2.24. The van der Waals surface area contributed by atoms with Gasteiger partial charge in [0.25, 0.3) is 0 Å². The molecule has 0 N–H and O–H groups in total. The Morgan fingerprint density at radius 2 is 2.11 bits per heavy atom. The van der Waals surface area contributed by atoms with E-state index in [1.54, 1.807) is 23.1 Å². The molecule has 1 unspecified atom stereocenters. The third-order valence-electron chi connectivity index (χ3n) is 3.10. The van der Waals surface area contributed by atoms with Gasteiger partial charge in [-0.1, -0.05) is 18.2 Å². The molecule has 98 valence electrons. The number of fused-ring (bicyclic) bond motifs is 1. The van der Waals surface area contributed by atoms with Crippen molar-refractivity contribution in [1.29, 1.82) is 0 Å². The Labute approximate surface area is 118 Å². The standard InChI is InChI=1S/C15H12F2S2/c1-18-15-14(9-6-10(16)8-11(17)7-9)12-4-2-3-5-13(12)19-15/h2-7,10H,8H2,1H3. The van der Waals surface area contributed by atoms with Crippen molar-refractivity contribution in [3.8, 4) is 0 Å². The summed E-state index contributed by atoms with van der Waals surface area (Å²) < 4.78 is 29.3. The Kier molecular flexibility index (Phi) is 3.46. The average molecular weight is 294 g/mol. The summed E-state index contributed by atoms with van der Waals surface area (Å²) >= 11 is 3.29. The van der Waals surface area contributed by atoms with Gasteiger partial charge in [-0.15, -0.1) is 23.1 Å². The van der Waals surface area contributed by atoms with Crippen molar-refractivity contribution in [2.24, 2.45) is 0 Å². The molecule has 2 aromatic rings. The Morgan fingerprint density at radius 1 is 1.32 bits per heavy atom. The fraction of sp³-hybridized carbons (Fsp3) is 0.200. The van der Waals surface area contributed by atoms with Gasteiger partial charge in [0.1, 0.15) is 12.0 Å². The van der Waals surface area contributed by atoms with Crippen LogP contribution >= 0.6 is 23.1 Å². The highest BCUT2D eigenvalue weighted by atomic mass is 32.2. The van der Waals surface area contributed by atoms with E-state index in [1.807, 2.05) is 30.5 Å². The summed E-state index contributed by atoms with van der Waals surface area (Å²) in [6.07, 6.45) is 3.61. The van der Waals surface area contributed by atoms with Gasteiger partial charge in [0.2, 0.25) is 0 Å². The number of hydrogen-bond donors (Lipinski definition) is 0. The van der Waals surface area contributed by atoms with E-state index in [1.165, 1.54) is 12.2 Å². The minimum absolute atomic E-state index is 0.139. The zero-order chi connectivity index (χ0) is 13.4. The monoisotopic (exact) mass is 294 g/mol. The SMILES string of the molecule is CSc1sc2ccccc2c1C1=CC(F)CC(F)=C1. The minimum Gasteiger partial charge on any atom is -0.242 e. The van der Waals surface area contributed by atoms with Gasteiger partial charge >= 0.3 is 0 Å². The largest absolute Gasteiger partial charge is 0.242 e. The molecule has 1 aromatic carbocycles. The van der Waals surface area contributed by atoms with Gasteiger partial charge in [0.15, 0.2) is 0 Å². The van der Waals surface area contributed by atoms with Crippen molar-refractivity contribution in [3.63, 3.8) is 0 Å². The molecule has 4 heteroatoms. The predicted molar refractivity (Wildman–Crippen MR) is 80.3 cm³/mol. The Morgan fingerprint density at radius 3 is 2.84 bits per heavy atom. The van der Waals surface area contributed by atoms with Crippen LogP contribution in [-0.4, -0.2) is 12.4 Å². The van der Waals surface area contributed by atoms with Gasteiger partial charge in [-0.2, -0.15) is 0 Å². The highest BCUT2D eigenvalue weighted by Crippen LogP contribution is 2.43. The summed E-state index contributed by atoms with van der Waals surface area (Å²) in [5.74, 6) is -0.382. The lowest BCUT2D eigenvalue weighted by atomic mass is 9.97. The summed E-state index contributed by atoms with van der Waals surface area (Å²) in [7, 11) is 0. The van der Waals surface area contributed by atoms with Gasteiger partial charge < -0.3 is 0 Å². The maximum Gasteiger partial charge on any atom is 0.125 e. The molecule has 0 fully saturated rings. The van der Waals surface area contributed by atoms with E-state index in [0.29, 0.717) is 5.57 Å².